The number of carbonyl (C=O) groups is 5. The zero-order valence-electron chi connectivity index (χ0n) is 17.1. The van der Waals surface area contributed by atoms with Gasteiger partial charge < -0.3 is 32.1 Å². The molecule has 7 N–H and O–H groups in total. The summed E-state index contributed by atoms with van der Waals surface area (Å²) in [6.07, 6.45) is 1.18. The summed E-state index contributed by atoms with van der Waals surface area (Å²) in [7, 11) is 0. The minimum absolute atomic E-state index is 0.0230. The third-order valence-electron chi connectivity index (χ3n) is 4.55. The molecule has 4 atom stereocenters. The second-order valence-electron chi connectivity index (χ2n) is 7.65. The van der Waals surface area contributed by atoms with E-state index in [2.05, 4.69) is 33.9 Å². The van der Waals surface area contributed by atoms with E-state index in [-0.39, 0.29) is 18.1 Å². The highest BCUT2D eigenvalue weighted by Crippen LogP contribution is 2.07. The van der Waals surface area contributed by atoms with Gasteiger partial charge in [-0.3, -0.25) is 19.2 Å². The zero-order valence-corrected chi connectivity index (χ0v) is 18.0. The van der Waals surface area contributed by atoms with Gasteiger partial charge in [0.05, 0.1) is 12.5 Å². The predicted molar refractivity (Wildman–Crippen MR) is 112 cm³/mol. The van der Waals surface area contributed by atoms with E-state index in [4.69, 9.17) is 5.73 Å². The van der Waals surface area contributed by atoms with Crippen molar-refractivity contribution in [3.8, 4) is 0 Å². The molecular weight excluding hydrogens is 414 g/mol. The van der Waals surface area contributed by atoms with Crippen molar-refractivity contribution < 1.29 is 29.1 Å². The maximum Gasteiger partial charge on any atom is 0.326 e. The molecule has 1 saturated heterocycles. The first-order valence-electron chi connectivity index (χ1n) is 9.81. The Morgan fingerprint density at radius 2 is 1.67 bits per heavy atom. The number of carbonyl (C=O) groups excluding carboxylic acids is 4. The molecule has 0 aromatic rings. The Bertz CT molecular complexity index is 653. The van der Waals surface area contributed by atoms with Crippen LogP contribution in [-0.2, 0) is 24.0 Å². The Hall–Kier alpha value is -2.34. The topological polar surface area (TPSA) is 180 Å². The second-order valence-corrected chi connectivity index (χ2v) is 8.02. The molecule has 1 fully saturated rings. The van der Waals surface area contributed by atoms with Gasteiger partial charge in [-0.1, -0.05) is 13.8 Å². The fourth-order valence-corrected chi connectivity index (χ4v) is 3.28. The molecule has 170 valence electrons. The van der Waals surface area contributed by atoms with Gasteiger partial charge in [0.2, 0.25) is 23.6 Å². The Kier molecular flexibility index (Phi) is 10.6. The highest BCUT2D eigenvalue weighted by atomic mass is 32.1. The van der Waals surface area contributed by atoms with Gasteiger partial charge in [0, 0.05) is 5.75 Å². The Balaban J connectivity index is 2.79. The largest absolute Gasteiger partial charge is 0.480 e. The van der Waals surface area contributed by atoms with Crippen LogP contribution in [-0.4, -0.2) is 71.2 Å². The van der Waals surface area contributed by atoms with Crippen molar-refractivity contribution in [1.82, 2.24) is 21.3 Å². The summed E-state index contributed by atoms with van der Waals surface area (Å²) < 4.78 is 0. The molecule has 12 heteroatoms. The van der Waals surface area contributed by atoms with E-state index in [9.17, 15) is 29.1 Å². The highest BCUT2D eigenvalue weighted by molar-refractivity contribution is 7.80. The molecule has 4 unspecified atom stereocenters. The lowest BCUT2D eigenvalue weighted by molar-refractivity contribution is -0.142. The molecule has 4 amide bonds. The van der Waals surface area contributed by atoms with Crippen molar-refractivity contribution in [3.05, 3.63) is 0 Å². The van der Waals surface area contributed by atoms with Crippen LogP contribution in [0, 0.1) is 5.92 Å². The average molecular weight is 446 g/mol. The van der Waals surface area contributed by atoms with E-state index in [0.29, 0.717) is 13.0 Å². The van der Waals surface area contributed by atoms with E-state index in [1.165, 1.54) is 0 Å². The smallest absolute Gasteiger partial charge is 0.326 e. The number of thiol groups is 1. The fourth-order valence-electron chi connectivity index (χ4n) is 3.02. The number of rotatable bonds is 12. The molecule has 0 spiro atoms. The summed E-state index contributed by atoms with van der Waals surface area (Å²) in [5, 5.41) is 19.5. The van der Waals surface area contributed by atoms with Gasteiger partial charge in [-0.25, -0.2) is 4.79 Å². The Morgan fingerprint density at radius 3 is 2.13 bits per heavy atom. The highest BCUT2D eigenvalue weighted by Gasteiger charge is 2.31. The number of amides is 4. The quantitative estimate of drug-likeness (QED) is 0.172. The van der Waals surface area contributed by atoms with Crippen molar-refractivity contribution in [2.75, 3.05) is 12.3 Å². The van der Waals surface area contributed by atoms with Crippen LogP contribution in [0.5, 0.6) is 0 Å². The van der Waals surface area contributed by atoms with Crippen LogP contribution < -0.4 is 27.0 Å². The maximum absolute atomic E-state index is 12.6. The van der Waals surface area contributed by atoms with Gasteiger partial charge >= 0.3 is 5.97 Å². The summed E-state index contributed by atoms with van der Waals surface area (Å²) in [5.41, 5.74) is 5.18. The number of carboxylic acid groups (broad SMARTS) is 1. The van der Waals surface area contributed by atoms with E-state index < -0.39 is 60.2 Å². The van der Waals surface area contributed by atoms with E-state index in [1.54, 1.807) is 0 Å². The van der Waals surface area contributed by atoms with Crippen LogP contribution >= 0.6 is 12.6 Å². The Labute approximate surface area is 180 Å². The first kappa shape index (κ1) is 25.7. The second kappa shape index (κ2) is 12.4. The van der Waals surface area contributed by atoms with Crippen molar-refractivity contribution >= 4 is 42.2 Å². The molecule has 1 aliphatic heterocycles. The van der Waals surface area contributed by atoms with Crippen molar-refractivity contribution in [2.45, 2.75) is 63.7 Å². The monoisotopic (exact) mass is 445 g/mol. The SMILES string of the molecule is CC(C)CC(NC(=O)C(CS)NC(=O)C(CC(N)=O)NC(=O)C1CCCN1)C(=O)O. The molecule has 1 rings (SSSR count). The number of nitrogens with one attached hydrogen (secondary N) is 4. The first-order chi connectivity index (χ1) is 14.0. The van der Waals surface area contributed by atoms with Crippen LogP contribution in [0.4, 0.5) is 0 Å². The summed E-state index contributed by atoms with van der Waals surface area (Å²) in [6, 6.07) is -4.01. The molecule has 1 heterocycles. The first-order valence-corrected chi connectivity index (χ1v) is 10.4. The Morgan fingerprint density at radius 1 is 1.07 bits per heavy atom. The third-order valence-corrected chi connectivity index (χ3v) is 4.92. The van der Waals surface area contributed by atoms with Gasteiger partial charge in [0.25, 0.3) is 0 Å². The minimum Gasteiger partial charge on any atom is -0.480 e. The third kappa shape index (κ3) is 8.57. The van der Waals surface area contributed by atoms with Crippen LogP contribution in [0.2, 0.25) is 0 Å². The lowest BCUT2D eigenvalue weighted by Gasteiger charge is -2.24. The molecule has 0 aliphatic carbocycles. The molecule has 0 aromatic heterocycles. The van der Waals surface area contributed by atoms with Gasteiger partial charge in [0.1, 0.15) is 18.1 Å². The fraction of sp³-hybridized carbons (Fsp3) is 0.722. The molecule has 0 bridgehead atoms. The van der Waals surface area contributed by atoms with Crippen LogP contribution in [0.15, 0.2) is 0 Å². The number of nitrogens with two attached hydrogens (primary N) is 1. The number of primary amides is 1. The lowest BCUT2D eigenvalue weighted by Crippen LogP contribution is -2.58. The molecule has 0 saturated carbocycles. The summed E-state index contributed by atoms with van der Waals surface area (Å²) in [5.74, 6) is -4.04. The van der Waals surface area contributed by atoms with Crippen molar-refractivity contribution in [1.29, 1.82) is 0 Å². The van der Waals surface area contributed by atoms with Crippen LogP contribution in [0.25, 0.3) is 0 Å². The molecular formula is C18H31N5O6S. The van der Waals surface area contributed by atoms with E-state index in [1.807, 2.05) is 13.8 Å². The lowest BCUT2D eigenvalue weighted by atomic mass is 10.0. The van der Waals surface area contributed by atoms with Crippen molar-refractivity contribution in [2.24, 2.45) is 11.7 Å². The molecule has 30 heavy (non-hydrogen) atoms. The predicted octanol–water partition coefficient (Wildman–Crippen LogP) is -1.87. The normalized spacial score (nSPS) is 18.9. The van der Waals surface area contributed by atoms with Crippen LogP contribution in [0.1, 0.15) is 39.5 Å². The zero-order chi connectivity index (χ0) is 22.8. The number of carboxylic acids is 1. The van der Waals surface area contributed by atoms with Gasteiger partial charge in [-0.2, -0.15) is 12.6 Å². The van der Waals surface area contributed by atoms with E-state index in [0.717, 1.165) is 6.42 Å². The molecule has 0 radical (unpaired) electrons. The van der Waals surface area contributed by atoms with Gasteiger partial charge in [-0.05, 0) is 31.7 Å². The molecule has 1 aliphatic rings. The van der Waals surface area contributed by atoms with Gasteiger partial charge in [-0.15, -0.1) is 0 Å². The molecule has 11 nitrogen and oxygen atoms in total. The summed E-state index contributed by atoms with van der Waals surface area (Å²) in [6.45, 7) is 4.31. The number of hydrogen-bond donors (Lipinski definition) is 7. The number of hydrogen-bond acceptors (Lipinski definition) is 7. The van der Waals surface area contributed by atoms with E-state index >= 15 is 0 Å². The van der Waals surface area contributed by atoms with Gasteiger partial charge in [0.15, 0.2) is 0 Å². The number of aliphatic carboxylic acids is 1. The standard InChI is InChI=1S/C18H31N5O6S/c1-9(2)6-12(18(28)29)22-17(27)13(8-30)23-16(26)11(7-14(19)24)21-15(25)10-4-3-5-20-10/h9-13,20,30H,3-8H2,1-2H3,(H2,19,24)(H,21,25)(H,22,27)(H,23,26)(H,28,29). The van der Waals surface area contributed by atoms with Crippen LogP contribution in [0.3, 0.4) is 0 Å². The average Bonchev–Trinajstić information content (AvgIpc) is 3.18. The summed E-state index contributed by atoms with van der Waals surface area (Å²) >= 11 is 4.04. The summed E-state index contributed by atoms with van der Waals surface area (Å²) in [4.78, 5) is 60.1. The maximum atomic E-state index is 12.6. The van der Waals surface area contributed by atoms with Crippen molar-refractivity contribution in [3.63, 3.8) is 0 Å². The molecule has 0 aromatic carbocycles. The minimum atomic E-state index is -1.27.